The summed E-state index contributed by atoms with van der Waals surface area (Å²) in [6.45, 7) is 3.77. The van der Waals surface area contributed by atoms with Crippen molar-refractivity contribution >= 4 is 39.5 Å². The molecule has 2 aromatic heterocycles. The molecule has 9 heteroatoms. The first kappa shape index (κ1) is 23.9. The molecule has 0 saturated carbocycles. The van der Waals surface area contributed by atoms with Gasteiger partial charge in [-0.2, -0.15) is 0 Å². The molecule has 0 aliphatic heterocycles. The number of aryl methyl sites for hydroxylation is 2. The van der Waals surface area contributed by atoms with E-state index in [9.17, 15) is 14.4 Å². The first-order valence-corrected chi connectivity index (χ1v) is 10.9. The van der Waals surface area contributed by atoms with Crippen LogP contribution >= 0.6 is 0 Å². The zero-order chi connectivity index (χ0) is 25.3. The monoisotopic (exact) mass is 479 g/mol. The van der Waals surface area contributed by atoms with E-state index in [-0.39, 0.29) is 24.1 Å². The Balaban J connectivity index is 1.61. The van der Waals surface area contributed by atoms with Gasteiger partial charge < -0.3 is 28.4 Å². The number of esters is 1. The predicted octanol–water partition coefficient (Wildman–Crippen LogP) is 4.53. The van der Waals surface area contributed by atoms with Gasteiger partial charge in [-0.3, -0.25) is 4.79 Å². The van der Waals surface area contributed by atoms with E-state index in [1.165, 1.54) is 33.5 Å². The van der Waals surface area contributed by atoms with Crippen LogP contribution in [0.4, 0.5) is 5.69 Å². The van der Waals surface area contributed by atoms with Gasteiger partial charge in [0, 0.05) is 41.0 Å². The lowest BCUT2D eigenvalue weighted by Crippen LogP contribution is -2.18. The molecule has 0 bridgehead atoms. The fraction of sp³-hybridized carbons (Fsp3) is 0.269. The van der Waals surface area contributed by atoms with E-state index >= 15 is 0 Å². The number of carbonyl (C=O) groups is 2. The summed E-state index contributed by atoms with van der Waals surface area (Å²) >= 11 is 0. The summed E-state index contributed by atoms with van der Waals surface area (Å²) in [5.41, 5.74) is 3.01. The number of methoxy groups -OCH3 is 3. The highest BCUT2D eigenvalue weighted by molar-refractivity contribution is 6.02. The van der Waals surface area contributed by atoms with Crippen LogP contribution in [-0.2, 0) is 16.0 Å². The van der Waals surface area contributed by atoms with Gasteiger partial charge in [0.1, 0.15) is 11.2 Å². The Hall–Kier alpha value is -4.27. The number of amides is 1. The standard InChI is InChI=1S/C26H25NO8/c1-13-12-34-20-11-21-17(8-16(13)20)14(2)15(26(30)35-21)6-7-24(28)27-19-10-23(32-4)22(31-3)9-18(19)25(29)33-5/h8-12H,6-7H2,1-5H3,(H,27,28). The summed E-state index contributed by atoms with van der Waals surface area (Å²) in [5.74, 6) is -0.393. The number of hydrogen-bond donors (Lipinski definition) is 1. The molecule has 0 aliphatic rings. The van der Waals surface area contributed by atoms with Crippen LogP contribution in [0, 0.1) is 13.8 Å². The number of fused-ring (bicyclic) bond motifs is 2. The molecule has 0 radical (unpaired) electrons. The Morgan fingerprint density at radius 3 is 2.34 bits per heavy atom. The molecule has 4 aromatic rings. The number of rotatable bonds is 7. The Morgan fingerprint density at radius 2 is 1.66 bits per heavy atom. The van der Waals surface area contributed by atoms with Crippen LogP contribution in [0.1, 0.15) is 33.5 Å². The molecule has 0 spiro atoms. The van der Waals surface area contributed by atoms with Crippen molar-refractivity contribution in [1.29, 1.82) is 0 Å². The third-order valence-electron chi connectivity index (χ3n) is 5.98. The fourth-order valence-corrected chi connectivity index (χ4v) is 4.04. The van der Waals surface area contributed by atoms with Crippen LogP contribution in [-0.4, -0.2) is 33.2 Å². The number of anilines is 1. The quantitative estimate of drug-likeness (QED) is 0.303. The maximum absolute atomic E-state index is 12.8. The number of furan rings is 1. The minimum atomic E-state index is -0.645. The second-order valence-electron chi connectivity index (χ2n) is 8.05. The number of carbonyl (C=O) groups excluding carboxylic acids is 2. The lowest BCUT2D eigenvalue weighted by Gasteiger charge is -2.15. The SMILES string of the molecule is COC(=O)c1cc(OC)c(OC)cc1NC(=O)CCc1c(C)c2cc3c(C)coc3cc2oc1=O. The van der Waals surface area contributed by atoms with Gasteiger partial charge in [-0.15, -0.1) is 0 Å². The van der Waals surface area contributed by atoms with Crippen LogP contribution in [0.25, 0.3) is 21.9 Å². The summed E-state index contributed by atoms with van der Waals surface area (Å²) in [6, 6.07) is 6.55. The topological polar surface area (TPSA) is 117 Å². The minimum absolute atomic E-state index is 0.0148. The minimum Gasteiger partial charge on any atom is -0.493 e. The van der Waals surface area contributed by atoms with E-state index in [1.54, 1.807) is 12.3 Å². The number of benzene rings is 2. The van der Waals surface area contributed by atoms with Gasteiger partial charge in [-0.05, 0) is 37.5 Å². The lowest BCUT2D eigenvalue weighted by atomic mass is 10.0. The molecule has 2 heterocycles. The predicted molar refractivity (Wildman–Crippen MR) is 130 cm³/mol. The molecule has 9 nitrogen and oxygen atoms in total. The van der Waals surface area contributed by atoms with E-state index in [0.717, 1.165) is 21.9 Å². The smallest absolute Gasteiger partial charge is 0.340 e. The van der Waals surface area contributed by atoms with Gasteiger partial charge in [-0.1, -0.05) is 0 Å². The highest BCUT2D eigenvalue weighted by Crippen LogP contribution is 2.34. The summed E-state index contributed by atoms with van der Waals surface area (Å²) in [7, 11) is 4.13. The van der Waals surface area contributed by atoms with Crippen LogP contribution < -0.4 is 20.4 Å². The molecular weight excluding hydrogens is 454 g/mol. The van der Waals surface area contributed by atoms with Crippen LogP contribution in [0.2, 0.25) is 0 Å². The summed E-state index contributed by atoms with van der Waals surface area (Å²) in [4.78, 5) is 37.7. The average molecular weight is 479 g/mol. The summed E-state index contributed by atoms with van der Waals surface area (Å²) < 4.78 is 26.3. The Morgan fingerprint density at radius 1 is 0.943 bits per heavy atom. The third kappa shape index (κ3) is 4.44. The van der Waals surface area contributed by atoms with Crippen LogP contribution in [0.5, 0.6) is 11.5 Å². The highest BCUT2D eigenvalue weighted by atomic mass is 16.5. The first-order valence-electron chi connectivity index (χ1n) is 10.9. The van der Waals surface area contributed by atoms with Gasteiger partial charge in [0.2, 0.25) is 5.91 Å². The van der Waals surface area contributed by atoms with Crippen molar-refractivity contribution in [3.8, 4) is 11.5 Å². The van der Waals surface area contributed by atoms with E-state index in [1.807, 2.05) is 19.9 Å². The van der Waals surface area contributed by atoms with Crippen molar-refractivity contribution in [2.75, 3.05) is 26.6 Å². The second kappa shape index (κ2) is 9.54. The number of nitrogens with one attached hydrogen (secondary N) is 1. The molecule has 182 valence electrons. The molecular formula is C26H25NO8. The van der Waals surface area contributed by atoms with Crippen molar-refractivity contribution in [3.63, 3.8) is 0 Å². The normalized spacial score (nSPS) is 11.0. The van der Waals surface area contributed by atoms with Gasteiger partial charge in [-0.25, -0.2) is 9.59 Å². The molecule has 35 heavy (non-hydrogen) atoms. The first-order chi connectivity index (χ1) is 16.8. The van der Waals surface area contributed by atoms with E-state index < -0.39 is 17.5 Å². The summed E-state index contributed by atoms with van der Waals surface area (Å²) in [5, 5.41) is 4.42. The largest absolute Gasteiger partial charge is 0.493 e. The van der Waals surface area contributed by atoms with Crippen LogP contribution in [0.15, 0.2) is 44.2 Å². The molecule has 0 fully saturated rings. The second-order valence-corrected chi connectivity index (χ2v) is 8.05. The zero-order valence-electron chi connectivity index (χ0n) is 20.1. The molecule has 0 saturated heterocycles. The molecule has 0 atom stereocenters. The Kier molecular flexibility index (Phi) is 6.50. The van der Waals surface area contributed by atoms with Gasteiger partial charge >= 0.3 is 11.6 Å². The van der Waals surface area contributed by atoms with E-state index in [2.05, 4.69) is 5.32 Å². The van der Waals surface area contributed by atoms with Crippen molar-refractivity contribution in [3.05, 3.63) is 63.2 Å². The highest BCUT2D eigenvalue weighted by Gasteiger charge is 2.20. The van der Waals surface area contributed by atoms with E-state index in [0.29, 0.717) is 28.2 Å². The molecule has 1 amide bonds. The van der Waals surface area contributed by atoms with Crippen molar-refractivity contribution in [2.45, 2.75) is 26.7 Å². The van der Waals surface area contributed by atoms with Crippen molar-refractivity contribution in [1.82, 2.24) is 0 Å². The van der Waals surface area contributed by atoms with Crippen molar-refractivity contribution < 1.29 is 32.6 Å². The van der Waals surface area contributed by atoms with E-state index in [4.69, 9.17) is 23.0 Å². The van der Waals surface area contributed by atoms with Gasteiger partial charge in [0.05, 0.1) is 38.8 Å². The van der Waals surface area contributed by atoms with Crippen molar-refractivity contribution in [2.24, 2.45) is 0 Å². The lowest BCUT2D eigenvalue weighted by molar-refractivity contribution is -0.116. The third-order valence-corrected chi connectivity index (χ3v) is 5.98. The average Bonchev–Trinajstić information content (AvgIpc) is 3.21. The molecule has 4 rings (SSSR count). The Labute approximate surface area is 200 Å². The zero-order valence-corrected chi connectivity index (χ0v) is 20.1. The molecule has 2 aromatic carbocycles. The van der Waals surface area contributed by atoms with Gasteiger partial charge in [0.25, 0.3) is 0 Å². The number of hydrogen-bond acceptors (Lipinski definition) is 8. The number of ether oxygens (including phenoxy) is 3. The molecule has 0 aliphatic carbocycles. The molecule has 0 unspecified atom stereocenters. The maximum Gasteiger partial charge on any atom is 0.340 e. The van der Waals surface area contributed by atoms with Gasteiger partial charge in [0.15, 0.2) is 11.5 Å². The fourth-order valence-electron chi connectivity index (χ4n) is 4.04. The van der Waals surface area contributed by atoms with Crippen LogP contribution in [0.3, 0.4) is 0 Å². The Bertz CT molecular complexity index is 1510. The maximum atomic E-state index is 12.8. The molecule has 1 N–H and O–H groups in total. The summed E-state index contributed by atoms with van der Waals surface area (Å²) in [6.07, 6.45) is 1.79.